The quantitative estimate of drug-likeness (QED) is 0.825. The van der Waals surface area contributed by atoms with Crippen molar-refractivity contribution in [3.8, 4) is 5.69 Å². The van der Waals surface area contributed by atoms with Gasteiger partial charge in [0, 0.05) is 17.0 Å². The van der Waals surface area contributed by atoms with Crippen LogP contribution in [0.15, 0.2) is 24.3 Å². The van der Waals surface area contributed by atoms with E-state index < -0.39 is 0 Å². The SMILES string of the molecule is Cc1cc2c(n1-c1cccc(Cl)c1Cl)CCCC2O. The fourth-order valence-corrected chi connectivity index (χ4v) is 3.26. The third-order valence-corrected chi connectivity index (χ3v) is 4.55. The normalized spacial score (nSPS) is 18.4. The number of halogens is 2. The molecule has 0 radical (unpaired) electrons. The third-order valence-electron chi connectivity index (χ3n) is 3.74. The van der Waals surface area contributed by atoms with Crippen molar-refractivity contribution in [2.75, 3.05) is 0 Å². The van der Waals surface area contributed by atoms with Crippen LogP contribution in [0.5, 0.6) is 0 Å². The molecule has 0 amide bonds. The lowest BCUT2D eigenvalue weighted by Gasteiger charge is -2.21. The molecule has 19 heavy (non-hydrogen) atoms. The van der Waals surface area contributed by atoms with Gasteiger partial charge in [0.1, 0.15) is 0 Å². The molecule has 1 aromatic heterocycles. The van der Waals surface area contributed by atoms with E-state index in [2.05, 4.69) is 10.6 Å². The van der Waals surface area contributed by atoms with Gasteiger partial charge in [-0.25, -0.2) is 0 Å². The first-order chi connectivity index (χ1) is 9.09. The smallest absolute Gasteiger partial charge is 0.0832 e. The summed E-state index contributed by atoms with van der Waals surface area (Å²) < 4.78 is 2.12. The van der Waals surface area contributed by atoms with Crippen molar-refractivity contribution in [3.05, 3.63) is 51.3 Å². The second kappa shape index (κ2) is 4.86. The summed E-state index contributed by atoms with van der Waals surface area (Å²) in [6, 6.07) is 7.70. The van der Waals surface area contributed by atoms with Crippen molar-refractivity contribution < 1.29 is 5.11 Å². The second-order valence-corrected chi connectivity index (χ2v) is 5.79. The van der Waals surface area contributed by atoms with Gasteiger partial charge in [-0.1, -0.05) is 29.3 Å². The lowest BCUT2D eigenvalue weighted by molar-refractivity contribution is 0.156. The number of aryl methyl sites for hydroxylation is 1. The van der Waals surface area contributed by atoms with E-state index in [0.29, 0.717) is 10.0 Å². The largest absolute Gasteiger partial charge is 0.388 e. The molecule has 3 rings (SSSR count). The van der Waals surface area contributed by atoms with E-state index in [1.807, 2.05) is 19.1 Å². The van der Waals surface area contributed by atoms with Crippen LogP contribution in [0, 0.1) is 6.92 Å². The van der Waals surface area contributed by atoms with E-state index in [9.17, 15) is 5.11 Å². The summed E-state index contributed by atoms with van der Waals surface area (Å²) in [5, 5.41) is 11.2. The van der Waals surface area contributed by atoms with Crippen LogP contribution in [0.25, 0.3) is 5.69 Å². The monoisotopic (exact) mass is 295 g/mol. The van der Waals surface area contributed by atoms with Gasteiger partial charge in [-0.3, -0.25) is 0 Å². The van der Waals surface area contributed by atoms with E-state index >= 15 is 0 Å². The van der Waals surface area contributed by atoms with Gasteiger partial charge in [-0.05, 0) is 44.4 Å². The molecule has 0 fully saturated rings. The highest BCUT2D eigenvalue weighted by Crippen LogP contribution is 2.37. The summed E-state index contributed by atoms with van der Waals surface area (Å²) in [5.41, 5.74) is 4.15. The molecule has 1 aliphatic rings. The van der Waals surface area contributed by atoms with E-state index in [4.69, 9.17) is 23.2 Å². The minimum absolute atomic E-state index is 0.360. The Bertz CT molecular complexity index is 633. The average molecular weight is 296 g/mol. The predicted molar refractivity (Wildman–Crippen MR) is 78.4 cm³/mol. The zero-order chi connectivity index (χ0) is 13.6. The van der Waals surface area contributed by atoms with Gasteiger partial charge in [0.15, 0.2) is 0 Å². The number of aliphatic hydroxyl groups excluding tert-OH is 1. The van der Waals surface area contributed by atoms with Crippen LogP contribution in [0.4, 0.5) is 0 Å². The zero-order valence-corrected chi connectivity index (χ0v) is 12.2. The van der Waals surface area contributed by atoms with E-state index in [1.54, 1.807) is 6.07 Å². The van der Waals surface area contributed by atoms with Crippen molar-refractivity contribution in [1.29, 1.82) is 0 Å². The van der Waals surface area contributed by atoms with Gasteiger partial charge in [0.05, 0.1) is 21.8 Å². The average Bonchev–Trinajstić information content (AvgIpc) is 2.71. The predicted octanol–water partition coefficient (Wildman–Crippen LogP) is 4.46. The molecule has 0 saturated carbocycles. The fraction of sp³-hybridized carbons (Fsp3) is 0.333. The fourth-order valence-electron chi connectivity index (χ4n) is 2.88. The lowest BCUT2D eigenvalue weighted by Crippen LogP contribution is -2.11. The van der Waals surface area contributed by atoms with Crippen LogP contribution >= 0.6 is 23.2 Å². The van der Waals surface area contributed by atoms with Crippen LogP contribution in [-0.4, -0.2) is 9.67 Å². The van der Waals surface area contributed by atoms with Gasteiger partial charge in [-0.2, -0.15) is 0 Å². The highest BCUT2D eigenvalue weighted by molar-refractivity contribution is 6.43. The number of aliphatic hydroxyl groups is 1. The Morgan fingerprint density at radius 3 is 2.89 bits per heavy atom. The van der Waals surface area contributed by atoms with E-state index in [1.165, 1.54) is 0 Å². The Labute approximate surface area is 122 Å². The molecule has 0 bridgehead atoms. The van der Waals surface area contributed by atoms with Gasteiger partial charge < -0.3 is 9.67 Å². The standard InChI is InChI=1S/C15H15Cl2NO/c1-9-8-10-12(5-3-7-14(10)19)18(9)13-6-2-4-11(16)15(13)17/h2,4,6,8,14,19H,3,5,7H2,1H3. The first kappa shape index (κ1) is 13.0. The summed E-state index contributed by atoms with van der Waals surface area (Å²) in [4.78, 5) is 0. The molecular formula is C15H15Cl2NO. The summed E-state index contributed by atoms with van der Waals surface area (Å²) in [6.07, 6.45) is 2.43. The number of nitrogens with zero attached hydrogens (tertiary/aromatic N) is 1. The number of aromatic nitrogens is 1. The number of benzene rings is 1. The molecule has 1 N–H and O–H groups in total. The first-order valence-electron chi connectivity index (χ1n) is 6.43. The van der Waals surface area contributed by atoms with Gasteiger partial charge in [0.25, 0.3) is 0 Å². The maximum absolute atomic E-state index is 10.1. The number of hydrogen-bond donors (Lipinski definition) is 1. The molecule has 0 aliphatic heterocycles. The topological polar surface area (TPSA) is 25.2 Å². The van der Waals surface area contributed by atoms with Gasteiger partial charge >= 0.3 is 0 Å². The van der Waals surface area contributed by atoms with Gasteiger partial charge in [-0.15, -0.1) is 0 Å². The minimum Gasteiger partial charge on any atom is -0.388 e. The lowest BCUT2D eigenvalue weighted by atomic mass is 9.95. The van der Waals surface area contributed by atoms with Crippen LogP contribution in [-0.2, 0) is 6.42 Å². The summed E-state index contributed by atoms with van der Waals surface area (Å²) >= 11 is 12.4. The number of fused-ring (bicyclic) bond motifs is 1. The van der Waals surface area contributed by atoms with E-state index in [0.717, 1.165) is 41.9 Å². The van der Waals surface area contributed by atoms with Crippen molar-refractivity contribution in [2.45, 2.75) is 32.3 Å². The van der Waals surface area contributed by atoms with Crippen molar-refractivity contribution in [2.24, 2.45) is 0 Å². The van der Waals surface area contributed by atoms with Crippen LogP contribution in [0.1, 0.15) is 35.9 Å². The Balaban J connectivity index is 2.23. The molecule has 1 unspecified atom stereocenters. The highest BCUT2D eigenvalue weighted by atomic mass is 35.5. The molecule has 2 aromatic rings. The summed E-state index contributed by atoms with van der Waals surface area (Å²) in [5.74, 6) is 0. The van der Waals surface area contributed by atoms with E-state index in [-0.39, 0.29) is 6.10 Å². The Kier molecular flexibility index (Phi) is 3.34. The maximum Gasteiger partial charge on any atom is 0.0832 e. The highest BCUT2D eigenvalue weighted by Gasteiger charge is 2.24. The number of hydrogen-bond acceptors (Lipinski definition) is 1. The van der Waals surface area contributed by atoms with Crippen LogP contribution in [0.2, 0.25) is 10.0 Å². The molecule has 1 atom stereocenters. The first-order valence-corrected chi connectivity index (χ1v) is 7.18. The van der Waals surface area contributed by atoms with Crippen LogP contribution in [0.3, 0.4) is 0 Å². The Morgan fingerprint density at radius 2 is 2.11 bits per heavy atom. The van der Waals surface area contributed by atoms with Gasteiger partial charge in [0.2, 0.25) is 0 Å². The van der Waals surface area contributed by atoms with Crippen molar-refractivity contribution in [1.82, 2.24) is 4.57 Å². The maximum atomic E-state index is 10.1. The molecule has 1 heterocycles. The zero-order valence-electron chi connectivity index (χ0n) is 10.7. The molecule has 100 valence electrons. The summed E-state index contributed by atoms with van der Waals surface area (Å²) in [7, 11) is 0. The summed E-state index contributed by atoms with van der Waals surface area (Å²) in [6.45, 7) is 2.03. The molecule has 2 nitrogen and oxygen atoms in total. The molecule has 0 spiro atoms. The van der Waals surface area contributed by atoms with Crippen molar-refractivity contribution in [3.63, 3.8) is 0 Å². The molecule has 4 heteroatoms. The minimum atomic E-state index is -0.360. The Hall–Kier alpha value is -0.960. The third kappa shape index (κ3) is 2.08. The van der Waals surface area contributed by atoms with Crippen molar-refractivity contribution >= 4 is 23.2 Å². The Morgan fingerprint density at radius 1 is 1.32 bits per heavy atom. The molecule has 1 aliphatic carbocycles. The molecular weight excluding hydrogens is 281 g/mol. The second-order valence-electron chi connectivity index (χ2n) is 5.00. The number of rotatable bonds is 1. The van der Waals surface area contributed by atoms with Crippen LogP contribution < -0.4 is 0 Å². The molecule has 0 saturated heterocycles. The molecule has 1 aromatic carbocycles.